The second-order valence-corrected chi connectivity index (χ2v) is 8.56. The van der Waals surface area contributed by atoms with Gasteiger partial charge in [-0.3, -0.25) is 4.98 Å². The van der Waals surface area contributed by atoms with E-state index in [1.807, 2.05) is 33.8 Å². The van der Waals surface area contributed by atoms with Crippen molar-refractivity contribution >= 4 is 28.5 Å². The number of carbonyl (C=O) groups is 1. The molecule has 2 aliphatic rings. The fourth-order valence-electron chi connectivity index (χ4n) is 3.18. The standard InChI is InChI=1S/C21H27N5O2/c1-13-11-16-17(12-22-13)24-18(19(25-16)23-15-5-6-15)14-7-9-26(10-8-14)20(27)28-21(2,3)4/h7,11-12,15H,5-6,8-10H2,1-4H3,(H,23,25). The van der Waals surface area contributed by atoms with Crippen LogP contribution < -0.4 is 5.32 Å². The fraction of sp³-hybridized carbons (Fsp3) is 0.524. The number of nitrogens with zero attached hydrogens (tertiary/aromatic N) is 4. The van der Waals surface area contributed by atoms with Crippen LogP contribution in [0.15, 0.2) is 18.3 Å². The number of rotatable bonds is 3. The average Bonchev–Trinajstić information content (AvgIpc) is 3.44. The Kier molecular flexibility index (Phi) is 4.69. The maximum atomic E-state index is 12.3. The van der Waals surface area contributed by atoms with Crippen molar-refractivity contribution in [1.82, 2.24) is 19.9 Å². The van der Waals surface area contributed by atoms with E-state index in [2.05, 4.69) is 16.4 Å². The Hall–Kier alpha value is -2.70. The molecule has 3 heterocycles. The van der Waals surface area contributed by atoms with Crippen molar-refractivity contribution in [3.8, 4) is 0 Å². The Morgan fingerprint density at radius 1 is 1.25 bits per heavy atom. The lowest BCUT2D eigenvalue weighted by atomic mass is 10.0. The van der Waals surface area contributed by atoms with Crippen molar-refractivity contribution < 1.29 is 9.53 Å². The molecule has 148 valence electrons. The van der Waals surface area contributed by atoms with Gasteiger partial charge in [0.1, 0.15) is 16.8 Å². The highest BCUT2D eigenvalue weighted by atomic mass is 16.6. The van der Waals surface area contributed by atoms with Crippen LogP contribution in [0.25, 0.3) is 16.6 Å². The molecule has 1 fully saturated rings. The van der Waals surface area contributed by atoms with Crippen LogP contribution in [-0.2, 0) is 4.74 Å². The number of ether oxygens (including phenoxy) is 1. The Morgan fingerprint density at radius 2 is 2.04 bits per heavy atom. The molecule has 1 aliphatic carbocycles. The molecule has 0 unspecified atom stereocenters. The average molecular weight is 381 g/mol. The largest absolute Gasteiger partial charge is 0.444 e. The summed E-state index contributed by atoms with van der Waals surface area (Å²) in [6.07, 6.45) is 6.61. The summed E-state index contributed by atoms with van der Waals surface area (Å²) in [6, 6.07) is 2.44. The normalized spacial score (nSPS) is 17.4. The predicted octanol–water partition coefficient (Wildman–Crippen LogP) is 3.93. The zero-order valence-corrected chi connectivity index (χ0v) is 17.0. The number of carbonyl (C=O) groups excluding carboxylic acids is 1. The van der Waals surface area contributed by atoms with Crippen molar-refractivity contribution in [3.05, 3.63) is 29.7 Å². The molecular formula is C21H27N5O2. The summed E-state index contributed by atoms with van der Waals surface area (Å²) >= 11 is 0. The maximum Gasteiger partial charge on any atom is 0.410 e. The van der Waals surface area contributed by atoms with Gasteiger partial charge in [0, 0.05) is 24.8 Å². The summed E-state index contributed by atoms with van der Waals surface area (Å²) in [6.45, 7) is 8.72. The van der Waals surface area contributed by atoms with E-state index in [1.165, 1.54) is 12.8 Å². The smallest absolute Gasteiger partial charge is 0.410 e. The number of aromatic nitrogens is 3. The van der Waals surface area contributed by atoms with E-state index in [0.29, 0.717) is 19.1 Å². The number of nitrogens with one attached hydrogen (secondary N) is 1. The first kappa shape index (κ1) is 18.7. The quantitative estimate of drug-likeness (QED) is 0.868. The number of pyridine rings is 1. The number of aryl methyl sites for hydroxylation is 1. The molecule has 1 aliphatic heterocycles. The van der Waals surface area contributed by atoms with Gasteiger partial charge < -0.3 is 15.0 Å². The van der Waals surface area contributed by atoms with E-state index in [4.69, 9.17) is 14.7 Å². The highest BCUT2D eigenvalue weighted by molar-refractivity contribution is 5.82. The number of hydrogen-bond donors (Lipinski definition) is 1. The minimum Gasteiger partial charge on any atom is -0.444 e. The monoisotopic (exact) mass is 381 g/mol. The lowest BCUT2D eigenvalue weighted by molar-refractivity contribution is 0.0270. The van der Waals surface area contributed by atoms with Crippen molar-refractivity contribution in [2.24, 2.45) is 0 Å². The van der Waals surface area contributed by atoms with E-state index in [0.717, 1.165) is 40.2 Å². The third-order valence-electron chi connectivity index (χ3n) is 4.77. The molecule has 1 N–H and O–H groups in total. The van der Waals surface area contributed by atoms with Crippen LogP contribution in [0.1, 0.15) is 51.4 Å². The van der Waals surface area contributed by atoms with E-state index in [9.17, 15) is 4.79 Å². The molecule has 0 radical (unpaired) electrons. The zero-order valence-electron chi connectivity index (χ0n) is 17.0. The fourth-order valence-corrected chi connectivity index (χ4v) is 3.18. The summed E-state index contributed by atoms with van der Waals surface area (Å²) in [5, 5.41) is 3.52. The van der Waals surface area contributed by atoms with Gasteiger partial charge in [-0.25, -0.2) is 14.8 Å². The molecule has 0 aromatic carbocycles. The highest BCUT2D eigenvalue weighted by Crippen LogP contribution is 2.32. The SMILES string of the molecule is Cc1cc2nc(NC3CC3)c(C3=CCN(C(=O)OC(C)(C)C)CC3)nc2cn1. The van der Waals surface area contributed by atoms with Crippen LogP contribution in [0.3, 0.4) is 0 Å². The van der Waals surface area contributed by atoms with Gasteiger partial charge >= 0.3 is 6.09 Å². The first-order valence-electron chi connectivity index (χ1n) is 9.87. The van der Waals surface area contributed by atoms with Crippen LogP contribution in [0.4, 0.5) is 10.6 Å². The molecule has 0 atom stereocenters. The van der Waals surface area contributed by atoms with Gasteiger partial charge in [-0.05, 0) is 58.6 Å². The molecule has 0 saturated heterocycles. The van der Waals surface area contributed by atoms with E-state index in [1.54, 1.807) is 11.1 Å². The van der Waals surface area contributed by atoms with E-state index >= 15 is 0 Å². The number of fused-ring (bicyclic) bond motifs is 1. The second-order valence-electron chi connectivity index (χ2n) is 8.56. The van der Waals surface area contributed by atoms with Crippen LogP contribution in [-0.4, -0.2) is 50.7 Å². The van der Waals surface area contributed by atoms with Gasteiger partial charge in [-0.1, -0.05) is 6.08 Å². The van der Waals surface area contributed by atoms with Crippen molar-refractivity contribution in [2.75, 3.05) is 18.4 Å². The Bertz CT molecular complexity index is 944. The lowest BCUT2D eigenvalue weighted by Gasteiger charge is -2.29. The van der Waals surface area contributed by atoms with Gasteiger partial charge in [-0.2, -0.15) is 0 Å². The van der Waals surface area contributed by atoms with Crippen molar-refractivity contribution in [3.63, 3.8) is 0 Å². The Balaban J connectivity index is 1.61. The third kappa shape index (κ3) is 4.24. The second kappa shape index (κ2) is 7.04. The zero-order chi connectivity index (χ0) is 19.9. The molecule has 0 spiro atoms. The molecule has 28 heavy (non-hydrogen) atoms. The first-order valence-corrected chi connectivity index (χ1v) is 9.87. The van der Waals surface area contributed by atoms with Gasteiger partial charge in [-0.15, -0.1) is 0 Å². The summed E-state index contributed by atoms with van der Waals surface area (Å²) in [5.74, 6) is 0.831. The molecule has 4 rings (SSSR count). The van der Waals surface area contributed by atoms with Crippen LogP contribution >= 0.6 is 0 Å². The number of hydrogen-bond acceptors (Lipinski definition) is 6. The molecule has 7 nitrogen and oxygen atoms in total. The highest BCUT2D eigenvalue weighted by Gasteiger charge is 2.27. The van der Waals surface area contributed by atoms with Gasteiger partial charge in [0.25, 0.3) is 0 Å². The van der Waals surface area contributed by atoms with Crippen molar-refractivity contribution in [2.45, 2.75) is 58.6 Å². The summed E-state index contributed by atoms with van der Waals surface area (Å²) in [7, 11) is 0. The maximum absolute atomic E-state index is 12.3. The third-order valence-corrected chi connectivity index (χ3v) is 4.77. The van der Waals surface area contributed by atoms with E-state index in [-0.39, 0.29) is 6.09 Å². The van der Waals surface area contributed by atoms with Crippen LogP contribution in [0.2, 0.25) is 0 Å². The molecular weight excluding hydrogens is 354 g/mol. The molecule has 7 heteroatoms. The Labute approximate surface area is 165 Å². The van der Waals surface area contributed by atoms with Gasteiger partial charge in [0.15, 0.2) is 5.82 Å². The molecule has 1 amide bonds. The molecule has 2 aromatic heterocycles. The topological polar surface area (TPSA) is 80.2 Å². The minimum absolute atomic E-state index is 0.275. The van der Waals surface area contributed by atoms with Gasteiger partial charge in [0.2, 0.25) is 0 Å². The van der Waals surface area contributed by atoms with Gasteiger partial charge in [0.05, 0.1) is 11.7 Å². The summed E-state index contributed by atoms with van der Waals surface area (Å²) in [4.78, 5) is 28.1. The van der Waals surface area contributed by atoms with Crippen LogP contribution in [0, 0.1) is 6.92 Å². The molecule has 1 saturated carbocycles. The van der Waals surface area contributed by atoms with E-state index < -0.39 is 5.60 Å². The molecule has 0 bridgehead atoms. The van der Waals surface area contributed by atoms with Crippen LogP contribution in [0.5, 0.6) is 0 Å². The lowest BCUT2D eigenvalue weighted by Crippen LogP contribution is -2.39. The Morgan fingerprint density at radius 3 is 2.68 bits per heavy atom. The number of amides is 1. The summed E-state index contributed by atoms with van der Waals surface area (Å²) in [5.41, 5.74) is 4.06. The summed E-state index contributed by atoms with van der Waals surface area (Å²) < 4.78 is 5.48. The molecule has 2 aromatic rings. The number of anilines is 1. The first-order chi connectivity index (χ1) is 13.3. The van der Waals surface area contributed by atoms with Crippen molar-refractivity contribution in [1.29, 1.82) is 0 Å². The predicted molar refractivity (Wildman–Crippen MR) is 109 cm³/mol. The minimum atomic E-state index is -0.489.